The summed E-state index contributed by atoms with van der Waals surface area (Å²) in [5.74, 6) is 0.734. The highest BCUT2D eigenvalue weighted by Gasteiger charge is 2.26. The molecular weight excluding hydrogens is 186 g/mol. The molecule has 1 fully saturated rings. The third-order valence-electron chi connectivity index (χ3n) is 2.92. The van der Waals surface area contributed by atoms with Crippen LogP contribution in [0.3, 0.4) is 0 Å². The van der Waals surface area contributed by atoms with Gasteiger partial charge < -0.3 is 9.72 Å². The molecule has 3 nitrogen and oxygen atoms in total. The van der Waals surface area contributed by atoms with E-state index in [4.69, 9.17) is 0 Å². The number of fused-ring (bicyclic) bond motifs is 1. The van der Waals surface area contributed by atoms with E-state index in [-0.39, 0.29) is 0 Å². The molecule has 1 aliphatic carbocycles. The lowest BCUT2D eigenvalue weighted by Gasteiger charge is -1.99. The smallest absolute Gasteiger partial charge is 0.137 e. The van der Waals surface area contributed by atoms with Crippen LogP contribution in [0, 0.1) is 0 Å². The predicted molar refractivity (Wildman–Crippen MR) is 59.9 cm³/mol. The predicted octanol–water partition coefficient (Wildman–Crippen LogP) is 1.93. The van der Waals surface area contributed by atoms with E-state index >= 15 is 0 Å². The number of hydrogen-bond donors (Lipinski definition) is 1. The quantitative estimate of drug-likeness (QED) is 0.822. The van der Waals surface area contributed by atoms with E-state index in [2.05, 4.69) is 39.2 Å². The van der Waals surface area contributed by atoms with Crippen LogP contribution in [0.2, 0.25) is 0 Å². The average molecular weight is 201 g/mol. The first-order chi connectivity index (χ1) is 7.36. The Bertz CT molecular complexity index is 483. The normalized spacial score (nSPS) is 16.1. The molecule has 0 aromatic carbocycles. The molecule has 0 aliphatic heterocycles. The fourth-order valence-corrected chi connectivity index (χ4v) is 1.93. The molecule has 0 amide bonds. The zero-order chi connectivity index (χ0) is 10.3. The lowest BCUT2D eigenvalue weighted by molar-refractivity contribution is 0.816. The number of aromatic nitrogens is 2. The molecule has 3 heteroatoms. The maximum absolute atomic E-state index is 4.65. The van der Waals surface area contributed by atoms with E-state index < -0.39 is 0 Å². The highest BCUT2D eigenvalue weighted by Crippen LogP contribution is 2.39. The van der Waals surface area contributed by atoms with Crippen LogP contribution in [0.5, 0.6) is 0 Å². The number of nitrogens with zero attached hydrogens (tertiary/aromatic N) is 2. The van der Waals surface area contributed by atoms with Crippen LogP contribution >= 0.6 is 0 Å². The Morgan fingerprint density at radius 2 is 2.40 bits per heavy atom. The van der Waals surface area contributed by atoms with Crippen molar-refractivity contribution in [2.75, 3.05) is 7.05 Å². The van der Waals surface area contributed by atoms with Gasteiger partial charge in [-0.2, -0.15) is 0 Å². The zero-order valence-corrected chi connectivity index (χ0v) is 8.90. The van der Waals surface area contributed by atoms with Gasteiger partial charge in [-0.25, -0.2) is 4.98 Å². The first kappa shape index (κ1) is 8.92. The first-order valence-corrected chi connectivity index (χ1v) is 5.49. The van der Waals surface area contributed by atoms with Gasteiger partial charge in [0.25, 0.3) is 0 Å². The molecular formula is C12H15N3. The molecule has 3 rings (SSSR count). The maximum Gasteiger partial charge on any atom is 0.137 e. The minimum absolute atomic E-state index is 0.734. The van der Waals surface area contributed by atoms with Gasteiger partial charge in [0.1, 0.15) is 5.65 Å². The number of rotatable bonds is 3. The van der Waals surface area contributed by atoms with Crippen LogP contribution in [0.4, 0.5) is 0 Å². The van der Waals surface area contributed by atoms with Crippen molar-refractivity contribution in [3.05, 3.63) is 35.8 Å². The second kappa shape index (κ2) is 3.35. The second-order valence-electron chi connectivity index (χ2n) is 4.27. The van der Waals surface area contributed by atoms with Crippen LogP contribution in [-0.2, 0) is 6.54 Å². The Balaban J connectivity index is 2.02. The van der Waals surface area contributed by atoms with Crippen LogP contribution < -0.4 is 5.32 Å². The van der Waals surface area contributed by atoms with Gasteiger partial charge in [0, 0.05) is 24.9 Å². The van der Waals surface area contributed by atoms with Gasteiger partial charge in [-0.05, 0) is 37.6 Å². The minimum atomic E-state index is 0.734. The zero-order valence-electron chi connectivity index (χ0n) is 8.90. The fraction of sp³-hybridized carbons (Fsp3) is 0.417. The third-order valence-corrected chi connectivity index (χ3v) is 2.92. The van der Waals surface area contributed by atoms with Crippen LogP contribution in [0.15, 0.2) is 24.5 Å². The Labute approximate surface area is 89.1 Å². The maximum atomic E-state index is 4.65. The van der Waals surface area contributed by atoms with Crippen LogP contribution in [0.1, 0.15) is 30.0 Å². The van der Waals surface area contributed by atoms with E-state index in [1.165, 1.54) is 24.1 Å². The Kier molecular flexibility index (Phi) is 1.99. The van der Waals surface area contributed by atoms with E-state index in [0.29, 0.717) is 0 Å². The van der Waals surface area contributed by atoms with Gasteiger partial charge in [0.15, 0.2) is 0 Å². The average Bonchev–Trinajstić information content (AvgIpc) is 2.99. The summed E-state index contributed by atoms with van der Waals surface area (Å²) in [5.41, 5.74) is 3.62. The Morgan fingerprint density at radius 3 is 3.13 bits per heavy atom. The Morgan fingerprint density at radius 1 is 1.53 bits per heavy atom. The first-order valence-electron chi connectivity index (χ1n) is 5.49. The number of hydrogen-bond acceptors (Lipinski definition) is 2. The van der Waals surface area contributed by atoms with Crippen molar-refractivity contribution in [2.24, 2.45) is 0 Å². The standard InChI is InChI=1S/C12H15N3/c1-13-7-9-4-5-15-8-11(10-2-3-10)14-12(15)6-9/h4-6,8,10,13H,2-3,7H2,1H3. The van der Waals surface area contributed by atoms with Crippen molar-refractivity contribution in [3.8, 4) is 0 Å². The molecule has 0 saturated heterocycles. The molecule has 0 radical (unpaired) electrons. The molecule has 1 aliphatic rings. The monoisotopic (exact) mass is 201 g/mol. The molecule has 2 heterocycles. The summed E-state index contributed by atoms with van der Waals surface area (Å²) in [4.78, 5) is 4.65. The third kappa shape index (κ3) is 1.63. The number of imidazole rings is 1. The van der Waals surface area contributed by atoms with Crippen LogP contribution in [-0.4, -0.2) is 16.4 Å². The van der Waals surface area contributed by atoms with Crippen molar-refractivity contribution in [3.63, 3.8) is 0 Å². The molecule has 78 valence electrons. The van der Waals surface area contributed by atoms with Crippen molar-refractivity contribution in [1.29, 1.82) is 0 Å². The summed E-state index contributed by atoms with van der Waals surface area (Å²) in [6.45, 7) is 0.905. The Hall–Kier alpha value is -1.35. The van der Waals surface area contributed by atoms with Gasteiger partial charge in [0.05, 0.1) is 5.69 Å². The molecule has 2 aromatic rings. The van der Waals surface area contributed by atoms with Gasteiger partial charge in [0.2, 0.25) is 0 Å². The summed E-state index contributed by atoms with van der Waals surface area (Å²) in [6, 6.07) is 4.30. The van der Waals surface area contributed by atoms with Crippen molar-refractivity contribution in [2.45, 2.75) is 25.3 Å². The molecule has 0 atom stereocenters. The molecule has 1 N–H and O–H groups in total. The van der Waals surface area contributed by atoms with Crippen molar-refractivity contribution >= 4 is 5.65 Å². The minimum Gasteiger partial charge on any atom is -0.316 e. The van der Waals surface area contributed by atoms with E-state index in [0.717, 1.165) is 18.1 Å². The van der Waals surface area contributed by atoms with Gasteiger partial charge in [-0.1, -0.05) is 0 Å². The summed E-state index contributed by atoms with van der Waals surface area (Å²) < 4.78 is 2.12. The highest BCUT2D eigenvalue weighted by atomic mass is 15.0. The molecule has 1 saturated carbocycles. The summed E-state index contributed by atoms with van der Waals surface area (Å²) in [5, 5.41) is 3.15. The second-order valence-corrected chi connectivity index (χ2v) is 4.27. The summed E-state index contributed by atoms with van der Waals surface area (Å²) in [7, 11) is 1.96. The van der Waals surface area contributed by atoms with Gasteiger partial charge in [-0.3, -0.25) is 0 Å². The largest absolute Gasteiger partial charge is 0.316 e. The highest BCUT2D eigenvalue weighted by molar-refractivity contribution is 5.44. The molecule has 0 bridgehead atoms. The van der Waals surface area contributed by atoms with E-state index in [9.17, 15) is 0 Å². The number of nitrogens with one attached hydrogen (secondary N) is 1. The van der Waals surface area contributed by atoms with E-state index in [1.54, 1.807) is 0 Å². The molecule has 0 unspecified atom stereocenters. The molecule has 2 aromatic heterocycles. The van der Waals surface area contributed by atoms with Crippen molar-refractivity contribution in [1.82, 2.24) is 14.7 Å². The van der Waals surface area contributed by atoms with Gasteiger partial charge >= 0.3 is 0 Å². The SMILES string of the molecule is CNCc1ccn2cc(C3CC3)nc2c1. The number of pyridine rings is 1. The van der Waals surface area contributed by atoms with Crippen molar-refractivity contribution < 1.29 is 0 Å². The lowest BCUT2D eigenvalue weighted by Crippen LogP contribution is -2.05. The van der Waals surface area contributed by atoms with Crippen LogP contribution in [0.25, 0.3) is 5.65 Å². The molecule has 0 spiro atoms. The fourth-order valence-electron chi connectivity index (χ4n) is 1.93. The molecule has 15 heavy (non-hydrogen) atoms. The lowest BCUT2D eigenvalue weighted by atomic mass is 10.2. The summed E-state index contributed by atoms with van der Waals surface area (Å²) in [6.07, 6.45) is 6.89. The topological polar surface area (TPSA) is 29.3 Å². The summed E-state index contributed by atoms with van der Waals surface area (Å²) >= 11 is 0. The van der Waals surface area contributed by atoms with Gasteiger partial charge in [-0.15, -0.1) is 0 Å². The van der Waals surface area contributed by atoms with E-state index in [1.807, 2.05) is 7.05 Å².